The molecule has 0 radical (unpaired) electrons. The average Bonchev–Trinajstić information content (AvgIpc) is 2.67. The number of anilines is 5. The molecule has 2 aromatic carbocycles. The van der Waals surface area contributed by atoms with Crippen molar-refractivity contribution in [3.8, 4) is 5.75 Å². The van der Waals surface area contributed by atoms with Gasteiger partial charge in [0.05, 0.1) is 19.3 Å². The summed E-state index contributed by atoms with van der Waals surface area (Å²) in [6.07, 6.45) is 1.35. The number of methoxy groups -OCH3 is 1. The maximum atomic E-state index is 14.3. The Morgan fingerprint density at radius 3 is 2.57 bits per heavy atom. The summed E-state index contributed by atoms with van der Waals surface area (Å²) < 4.78 is 26.4. The van der Waals surface area contributed by atoms with Crippen molar-refractivity contribution >= 4 is 28.8 Å². The van der Waals surface area contributed by atoms with Crippen LogP contribution in [0.25, 0.3) is 0 Å². The second kappa shape index (κ2) is 9.01. The summed E-state index contributed by atoms with van der Waals surface area (Å²) >= 11 is 0. The van der Waals surface area contributed by atoms with Gasteiger partial charge in [-0.1, -0.05) is 6.07 Å². The number of benzene rings is 2. The normalized spacial score (nSPS) is 10.5. The van der Waals surface area contributed by atoms with Gasteiger partial charge >= 0.3 is 5.95 Å². The van der Waals surface area contributed by atoms with E-state index in [4.69, 9.17) is 15.2 Å². The Hall–Kier alpha value is -3.39. The Morgan fingerprint density at radius 1 is 1.07 bits per heavy atom. The summed E-state index contributed by atoms with van der Waals surface area (Å²) in [6.45, 7) is 1.01. The number of nitrogen functional groups attached to an aromatic ring is 1. The smallest absolute Gasteiger partial charge is 0.398 e. The van der Waals surface area contributed by atoms with Crippen molar-refractivity contribution in [3.05, 3.63) is 60.5 Å². The Morgan fingerprint density at radius 2 is 1.86 bits per heavy atom. The van der Waals surface area contributed by atoms with Gasteiger partial charge < -0.3 is 20.5 Å². The molecule has 0 saturated carbocycles. The molecule has 0 unspecified atom stereocenters. The molecule has 0 bridgehead atoms. The third-order valence-electron chi connectivity index (χ3n) is 3.90. The predicted octanol–water partition coefficient (Wildman–Crippen LogP) is 3.14. The van der Waals surface area contributed by atoms with Crippen LogP contribution in [0.3, 0.4) is 0 Å². The highest BCUT2D eigenvalue weighted by molar-refractivity contribution is 5.62. The van der Waals surface area contributed by atoms with Gasteiger partial charge in [0.15, 0.2) is 0 Å². The van der Waals surface area contributed by atoms with Gasteiger partial charge in [0.1, 0.15) is 18.6 Å². The number of halogens is 1. The number of ether oxygens (including phenoxy) is 2. The molecular weight excluding hydrogens is 361 g/mol. The topological polar surface area (TPSA) is 85.3 Å². The maximum absolute atomic E-state index is 14.3. The molecule has 0 amide bonds. The number of hydrogen-bond acceptors (Lipinski definition) is 6. The maximum Gasteiger partial charge on any atom is 0.398 e. The fourth-order valence-electron chi connectivity index (χ4n) is 2.49. The summed E-state index contributed by atoms with van der Waals surface area (Å²) in [6, 6.07) is 14.4. The van der Waals surface area contributed by atoms with Crippen LogP contribution >= 0.6 is 0 Å². The van der Waals surface area contributed by atoms with Crippen LogP contribution in [-0.2, 0) is 11.8 Å². The van der Waals surface area contributed by atoms with Gasteiger partial charge in [-0.25, -0.2) is 9.88 Å². The molecule has 3 aromatic rings. The Balaban J connectivity index is 1.74. The summed E-state index contributed by atoms with van der Waals surface area (Å²) in [7, 11) is 3.34. The molecule has 7 nitrogen and oxygen atoms in total. The molecular formula is C20H23FN5O2+. The van der Waals surface area contributed by atoms with Crippen LogP contribution in [-0.4, -0.2) is 25.3 Å². The third kappa shape index (κ3) is 5.08. The molecule has 0 atom stereocenters. The van der Waals surface area contributed by atoms with Crippen molar-refractivity contribution in [1.29, 1.82) is 0 Å². The fraction of sp³-hybridized carbons (Fsp3) is 0.200. The van der Waals surface area contributed by atoms with Crippen LogP contribution in [0.5, 0.6) is 5.75 Å². The Bertz CT molecular complexity index is 934. The molecule has 146 valence electrons. The number of aryl methyl sites for hydroxylation is 1. The molecule has 0 spiro atoms. The summed E-state index contributed by atoms with van der Waals surface area (Å²) in [4.78, 5) is 4.35. The van der Waals surface area contributed by atoms with E-state index in [1.165, 1.54) is 6.20 Å². The van der Waals surface area contributed by atoms with Crippen LogP contribution in [0.15, 0.2) is 54.7 Å². The second-order valence-electron chi connectivity index (χ2n) is 6.11. The quantitative estimate of drug-likeness (QED) is 0.314. The van der Waals surface area contributed by atoms with Crippen molar-refractivity contribution in [2.75, 3.05) is 36.7 Å². The minimum Gasteiger partial charge on any atom is -0.491 e. The van der Waals surface area contributed by atoms with E-state index in [0.29, 0.717) is 30.5 Å². The number of rotatable bonds is 8. The third-order valence-corrected chi connectivity index (χ3v) is 3.90. The Labute approximate surface area is 162 Å². The summed E-state index contributed by atoms with van der Waals surface area (Å²) in [5.74, 6) is 0.840. The lowest BCUT2D eigenvalue weighted by atomic mass is 10.3. The number of nitrogens with one attached hydrogen (secondary N) is 2. The Kier molecular flexibility index (Phi) is 6.23. The van der Waals surface area contributed by atoms with Crippen LogP contribution in [0.2, 0.25) is 0 Å². The molecule has 4 N–H and O–H groups in total. The minimum absolute atomic E-state index is 0.103. The van der Waals surface area contributed by atoms with Crippen molar-refractivity contribution < 1.29 is 18.4 Å². The number of aromatic nitrogens is 2. The molecule has 3 rings (SSSR count). The van der Waals surface area contributed by atoms with Crippen LogP contribution < -0.4 is 25.7 Å². The molecule has 8 heteroatoms. The zero-order valence-electron chi connectivity index (χ0n) is 15.8. The van der Waals surface area contributed by atoms with Crippen molar-refractivity contribution in [2.45, 2.75) is 0 Å². The number of hydrogen-bond donors (Lipinski definition) is 3. The molecule has 1 aromatic heterocycles. The van der Waals surface area contributed by atoms with E-state index in [1.807, 2.05) is 24.3 Å². The largest absolute Gasteiger partial charge is 0.491 e. The molecule has 0 saturated heterocycles. The van der Waals surface area contributed by atoms with Gasteiger partial charge in [0.25, 0.3) is 0 Å². The monoisotopic (exact) mass is 384 g/mol. The molecule has 1 heterocycles. The SMILES string of the molecule is COCCOc1ccc(Nc2nc(Nc3cccc(N)c3)c(F)c[n+]2C)cc1. The summed E-state index contributed by atoms with van der Waals surface area (Å²) in [5.41, 5.74) is 7.80. The lowest BCUT2D eigenvalue weighted by Gasteiger charge is -2.08. The first-order chi connectivity index (χ1) is 13.5. The van der Waals surface area contributed by atoms with E-state index in [-0.39, 0.29) is 5.82 Å². The average molecular weight is 384 g/mol. The van der Waals surface area contributed by atoms with Crippen LogP contribution in [0.4, 0.5) is 33.2 Å². The van der Waals surface area contributed by atoms with E-state index < -0.39 is 5.82 Å². The molecule has 0 aliphatic rings. The zero-order chi connectivity index (χ0) is 19.9. The van der Waals surface area contributed by atoms with E-state index in [1.54, 1.807) is 43.0 Å². The number of nitrogens with two attached hydrogens (primary N) is 1. The van der Waals surface area contributed by atoms with Gasteiger partial charge in [-0.15, -0.1) is 0 Å². The first kappa shape index (κ1) is 19.4. The van der Waals surface area contributed by atoms with E-state index in [9.17, 15) is 4.39 Å². The molecule has 0 aliphatic heterocycles. The standard InChI is InChI=1S/C20H22FN5O2/c1-26-13-18(21)19(23-16-5-3-4-14(22)12-16)25-20(26)24-15-6-8-17(9-7-15)28-11-10-27-2/h3-9,12-13H,10-11,22H2,1-2H3,(H,23,24,25)/p+1. The van der Waals surface area contributed by atoms with Gasteiger partial charge in [0, 0.05) is 18.5 Å². The molecule has 0 fully saturated rings. The summed E-state index contributed by atoms with van der Waals surface area (Å²) in [5, 5.41) is 6.12. The predicted molar refractivity (Wildman–Crippen MR) is 107 cm³/mol. The fourth-order valence-corrected chi connectivity index (χ4v) is 2.49. The number of nitrogens with zero attached hydrogens (tertiary/aromatic N) is 2. The van der Waals surface area contributed by atoms with Gasteiger partial charge in [0.2, 0.25) is 11.6 Å². The van der Waals surface area contributed by atoms with Crippen molar-refractivity contribution in [2.24, 2.45) is 7.05 Å². The van der Waals surface area contributed by atoms with E-state index in [0.717, 1.165) is 11.4 Å². The van der Waals surface area contributed by atoms with Crippen molar-refractivity contribution in [1.82, 2.24) is 4.98 Å². The lowest BCUT2D eigenvalue weighted by molar-refractivity contribution is -0.660. The first-order valence-corrected chi connectivity index (χ1v) is 8.73. The van der Waals surface area contributed by atoms with Crippen molar-refractivity contribution in [3.63, 3.8) is 0 Å². The minimum atomic E-state index is -0.475. The lowest BCUT2D eigenvalue weighted by Crippen LogP contribution is -2.33. The van der Waals surface area contributed by atoms with Crippen LogP contribution in [0.1, 0.15) is 0 Å². The zero-order valence-corrected chi connectivity index (χ0v) is 15.8. The van der Waals surface area contributed by atoms with Gasteiger partial charge in [-0.2, -0.15) is 4.39 Å². The van der Waals surface area contributed by atoms with Gasteiger partial charge in [-0.05, 0) is 47.4 Å². The van der Waals surface area contributed by atoms with Crippen LogP contribution in [0, 0.1) is 5.82 Å². The van der Waals surface area contributed by atoms with E-state index in [2.05, 4.69) is 15.6 Å². The molecule has 28 heavy (non-hydrogen) atoms. The molecule has 0 aliphatic carbocycles. The van der Waals surface area contributed by atoms with Gasteiger partial charge in [-0.3, -0.25) is 0 Å². The first-order valence-electron chi connectivity index (χ1n) is 8.73. The highest BCUT2D eigenvalue weighted by Crippen LogP contribution is 2.22. The second-order valence-corrected chi connectivity index (χ2v) is 6.11. The highest BCUT2D eigenvalue weighted by atomic mass is 19.1. The highest BCUT2D eigenvalue weighted by Gasteiger charge is 2.17. The van der Waals surface area contributed by atoms with E-state index >= 15 is 0 Å².